The Balaban J connectivity index is 2.03. The molecule has 0 N–H and O–H groups in total. The summed E-state index contributed by atoms with van der Waals surface area (Å²) in [5.74, 6) is -1.68. The van der Waals surface area contributed by atoms with Gasteiger partial charge >= 0.3 is 0 Å². The third-order valence-corrected chi connectivity index (χ3v) is 5.42. The van der Waals surface area contributed by atoms with Crippen molar-refractivity contribution in [2.24, 2.45) is 0 Å². The van der Waals surface area contributed by atoms with Gasteiger partial charge in [-0.25, -0.2) is 13.8 Å². The number of rotatable bonds is 7. The number of unbranched alkanes of at least 4 members (excludes halogenated alkanes) is 1. The van der Waals surface area contributed by atoms with Crippen molar-refractivity contribution in [2.75, 3.05) is 19.3 Å². The van der Waals surface area contributed by atoms with Crippen LogP contribution in [0, 0.1) is 11.6 Å². The molecule has 29 heavy (non-hydrogen) atoms. The minimum atomic E-state index is -0.877. The first-order chi connectivity index (χ1) is 13.9. The van der Waals surface area contributed by atoms with E-state index >= 15 is 0 Å². The number of thioether (sulfide) groups is 1. The maximum Gasteiger partial charge on any atom is 0.266 e. The van der Waals surface area contributed by atoms with Crippen LogP contribution in [0.15, 0.2) is 52.4 Å². The van der Waals surface area contributed by atoms with Crippen LogP contribution in [0.2, 0.25) is 0 Å². The lowest BCUT2D eigenvalue weighted by molar-refractivity contribution is -0.127. The highest BCUT2D eigenvalue weighted by atomic mass is 32.2. The molecule has 3 rings (SSSR count). The summed E-state index contributed by atoms with van der Waals surface area (Å²) in [6.45, 7) is 2.68. The van der Waals surface area contributed by atoms with E-state index in [2.05, 4.69) is 4.98 Å². The SMILES string of the molecule is CCCCN(C)C(=O)CSc1nc2ccccc2c(=O)n1-c1ccc(F)cc1F. The third kappa shape index (κ3) is 4.64. The van der Waals surface area contributed by atoms with E-state index in [1.807, 2.05) is 6.92 Å². The third-order valence-electron chi connectivity index (χ3n) is 4.49. The first kappa shape index (κ1) is 21.0. The smallest absolute Gasteiger partial charge is 0.266 e. The second kappa shape index (κ2) is 9.17. The van der Waals surface area contributed by atoms with Crippen molar-refractivity contribution >= 4 is 28.6 Å². The summed E-state index contributed by atoms with van der Waals surface area (Å²) < 4.78 is 28.9. The van der Waals surface area contributed by atoms with Crippen LogP contribution in [0.1, 0.15) is 19.8 Å². The number of benzene rings is 2. The number of halogens is 2. The van der Waals surface area contributed by atoms with E-state index in [4.69, 9.17) is 0 Å². The molecule has 0 aliphatic rings. The van der Waals surface area contributed by atoms with Gasteiger partial charge in [0.15, 0.2) is 5.16 Å². The van der Waals surface area contributed by atoms with E-state index in [1.165, 1.54) is 6.07 Å². The van der Waals surface area contributed by atoms with Gasteiger partial charge in [-0.05, 0) is 30.7 Å². The van der Waals surface area contributed by atoms with Crippen LogP contribution in [0.5, 0.6) is 0 Å². The molecule has 0 aliphatic carbocycles. The van der Waals surface area contributed by atoms with Gasteiger partial charge in [-0.1, -0.05) is 37.2 Å². The topological polar surface area (TPSA) is 55.2 Å². The van der Waals surface area contributed by atoms with Crippen molar-refractivity contribution in [1.82, 2.24) is 14.5 Å². The van der Waals surface area contributed by atoms with Crippen molar-refractivity contribution in [3.63, 3.8) is 0 Å². The molecule has 0 aliphatic heterocycles. The van der Waals surface area contributed by atoms with Crippen LogP contribution in [0.3, 0.4) is 0 Å². The largest absolute Gasteiger partial charge is 0.345 e. The van der Waals surface area contributed by atoms with Crippen LogP contribution >= 0.6 is 11.8 Å². The predicted molar refractivity (Wildman–Crippen MR) is 111 cm³/mol. The van der Waals surface area contributed by atoms with Gasteiger partial charge in [0.2, 0.25) is 5.91 Å². The highest BCUT2D eigenvalue weighted by Gasteiger charge is 2.18. The Bertz CT molecular complexity index is 1100. The molecule has 152 valence electrons. The van der Waals surface area contributed by atoms with Crippen molar-refractivity contribution in [2.45, 2.75) is 24.9 Å². The lowest BCUT2D eigenvalue weighted by Crippen LogP contribution is -2.30. The van der Waals surface area contributed by atoms with Gasteiger partial charge in [-0.15, -0.1) is 0 Å². The summed E-state index contributed by atoms with van der Waals surface area (Å²) in [7, 11) is 1.72. The Labute approximate surface area is 171 Å². The molecular weight excluding hydrogens is 396 g/mol. The number of carbonyl (C=O) groups excluding carboxylic acids is 1. The summed E-state index contributed by atoms with van der Waals surface area (Å²) in [6, 6.07) is 9.71. The van der Waals surface area contributed by atoms with Crippen LogP contribution in [0.4, 0.5) is 8.78 Å². The molecule has 0 radical (unpaired) electrons. The fourth-order valence-corrected chi connectivity index (χ4v) is 3.79. The van der Waals surface area contributed by atoms with E-state index in [0.29, 0.717) is 17.4 Å². The van der Waals surface area contributed by atoms with Crippen LogP contribution in [-0.2, 0) is 4.79 Å². The van der Waals surface area contributed by atoms with Crippen LogP contribution in [0.25, 0.3) is 16.6 Å². The summed E-state index contributed by atoms with van der Waals surface area (Å²) >= 11 is 1.05. The van der Waals surface area contributed by atoms with Crippen molar-refractivity contribution in [3.8, 4) is 5.69 Å². The molecule has 0 atom stereocenters. The Morgan fingerprint density at radius 1 is 1.21 bits per heavy atom. The molecule has 3 aromatic rings. The first-order valence-electron chi connectivity index (χ1n) is 9.26. The van der Waals surface area contributed by atoms with Crippen LogP contribution < -0.4 is 5.56 Å². The predicted octanol–water partition coefficient (Wildman–Crippen LogP) is 4.01. The van der Waals surface area contributed by atoms with E-state index in [0.717, 1.165) is 41.3 Å². The molecule has 0 fully saturated rings. The average Bonchev–Trinajstić information content (AvgIpc) is 2.71. The summed E-state index contributed by atoms with van der Waals surface area (Å²) in [5, 5.41) is 0.489. The molecule has 0 unspecified atom stereocenters. The number of hydrogen-bond donors (Lipinski definition) is 0. The highest BCUT2D eigenvalue weighted by molar-refractivity contribution is 7.99. The van der Waals surface area contributed by atoms with Crippen molar-refractivity contribution < 1.29 is 13.6 Å². The average molecular weight is 417 g/mol. The van der Waals surface area contributed by atoms with Gasteiger partial charge in [0.1, 0.15) is 11.6 Å². The zero-order valence-electron chi connectivity index (χ0n) is 16.2. The fourth-order valence-electron chi connectivity index (χ4n) is 2.84. The first-order valence-corrected chi connectivity index (χ1v) is 10.2. The molecule has 1 heterocycles. The Kier molecular flexibility index (Phi) is 6.64. The van der Waals surface area contributed by atoms with Crippen molar-refractivity contribution in [3.05, 3.63) is 64.5 Å². The molecule has 8 heteroatoms. The lowest BCUT2D eigenvalue weighted by atomic mass is 10.2. The zero-order chi connectivity index (χ0) is 21.0. The van der Waals surface area contributed by atoms with Gasteiger partial charge < -0.3 is 4.90 Å². The number of nitrogens with zero attached hydrogens (tertiary/aromatic N) is 3. The van der Waals surface area contributed by atoms with Gasteiger partial charge in [0, 0.05) is 19.7 Å². The molecule has 2 aromatic carbocycles. The molecule has 5 nitrogen and oxygen atoms in total. The van der Waals surface area contributed by atoms with Gasteiger partial charge in [-0.2, -0.15) is 0 Å². The quantitative estimate of drug-likeness (QED) is 0.431. The second-order valence-electron chi connectivity index (χ2n) is 6.61. The summed E-state index contributed by atoms with van der Waals surface area (Å²) in [4.78, 5) is 31.5. The molecule has 0 saturated carbocycles. The Morgan fingerprint density at radius 3 is 2.69 bits per heavy atom. The van der Waals surface area contributed by atoms with Crippen LogP contribution in [-0.4, -0.2) is 39.7 Å². The molecule has 0 spiro atoms. The maximum absolute atomic E-state index is 14.5. The minimum Gasteiger partial charge on any atom is -0.345 e. The fraction of sp³-hybridized carbons (Fsp3) is 0.286. The Hall–Kier alpha value is -2.74. The number of fused-ring (bicyclic) bond motifs is 1. The Morgan fingerprint density at radius 2 is 1.97 bits per heavy atom. The van der Waals surface area contributed by atoms with E-state index in [1.54, 1.807) is 36.2 Å². The molecule has 0 saturated heterocycles. The highest BCUT2D eigenvalue weighted by Crippen LogP contribution is 2.23. The molecule has 0 bridgehead atoms. The van der Waals surface area contributed by atoms with Gasteiger partial charge in [0.05, 0.1) is 22.3 Å². The number of aromatic nitrogens is 2. The standard InChI is InChI=1S/C21H21F2N3O2S/c1-3-4-11-25(2)19(27)13-29-21-24-17-8-6-5-7-15(17)20(28)26(21)18-10-9-14(22)12-16(18)23/h5-10,12H,3-4,11,13H2,1-2H3. The number of carbonyl (C=O) groups is 1. The van der Waals surface area contributed by atoms with Gasteiger partial charge in [-0.3, -0.25) is 14.2 Å². The number of para-hydroxylation sites is 1. The lowest BCUT2D eigenvalue weighted by Gasteiger charge is -2.17. The second-order valence-corrected chi connectivity index (χ2v) is 7.55. The summed E-state index contributed by atoms with van der Waals surface area (Å²) in [6.07, 6.45) is 1.87. The number of amides is 1. The minimum absolute atomic E-state index is 0.0494. The monoisotopic (exact) mass is 417 g/mol. The van der Waals surface area contributed by atoms with E-state index < -0.39 is 17.2 Å². The molecular formula is C21H21F2N3O2S. The maximum atomic E-state index is 14.5. The van der Waals surface area contributed by atoms with E-state index in [-0.39, 0.29) is 22.5 Å². The van der Waals surface area contributed by atoms with Crippen molar-refractivity contribution in [1.29, 1.82) is 0 Å². The number of hydrogen-bond acceptors (Lipinski definition) is 4. The molecule has 1 aromatic heterocycles. The molecule has 1 amide bonds. The zero-order valence-corrected chi connectivity index (χ0v) is 17.0. The normalized spacial score (nSPS) is 11.0. The van der Waals surface area contributed by atoms with E-state index in [9.17, 15) is 18.4 Å². The van der Waals surface area contributed by atoms with Gasteiger partial charge in [0.25, 0.3) is 5.56 Å². The summed E-state index contributed by atoms with van der Waals surface area (Å²) in [5.41, 5.74) is -0.134.